The van der Waals surface area contributed by atoms with E-state index in [1.54, 1.807) is 18.3 Å². The Hall–Kier alpha value is -0.960. The highest BCUT2D eigenvalue weighted by Crippen LogP contribution is 2.33. The average Bonchev–Trinajstić information content (AvgIpc) is 2.41. The molecule has 21 heavy (non-hydrogen) atoms. The van der Waals surface area contributed by atoms with Gasteiger partial charge in [0.2, 0.25) is 0 Å². The second-order valence-electron chi connectivity index (χ2n) is 4.24. The van der Waals surface area contributed by atoms with Gasteiger partial charge in [-0.15, -0.1) is 0 Å². The molecular formula is C13H10Br2F3N3. The summed E-state index contributed by atoms with van der Waals surface area (Å²) in [5.74, 6) is 5.50. The standard InChI is InChI=1S/C13H10Br2F3N3/c14-9-5-10(15)12(20-6-9)11(21-19)7-2-1-3-8(4-7)13(16,17)18/h1-6,11,21H,19H2. The molecule has 8 heteroatoms. The van der Waals surface area contributed by atoms with E-state index in [0.29, 0.717) is 15.7 Å². The predicted octanol–water partition coefficient (Wildman–Crippen LogP) is 4.18. The van der Waals surface area contributed by atoms with E-state index in [1.807, 2.05) is 0 Å². The molecule has 0 amide bonds. The summed E-state index contributed by atoms with van der Waals surface area (Å²) in [5.41, 5.74) is 2.65. The normalized spacial score (nSPS) is 13.2. The van der Waals surface area contributed by atoms with Crippen molar-refractivity contribution in [2.24, 2.45) is 5.84 Å². The molecule has 0 aliphatic carbocycles. The van der Waals surface area contributed by atoms with Crippen LogP contribution in [0.3, 0.4) is 0 Å². The van der Waals surface area contributed by atoms with E-state index >= 15 is 0 Å². The first-order valence-electron chi connectivity index (χ1n) is 5.77. The number of nitrogens with zero attached hydrogens (tertiary/aromatic N) is 1. The summed E-state index contributed by atoms with van der Waals surface area (Å²) in [5, 5.41) is 0. The van der Waals surface area contributed by atoms with Crippen LogP contribution in [-0.4, -0.2) is 4.98 Å². The van der Waals surface area contributed by atoms with Crippen LogP contribution in [0.15, 0.2) is 45.5 Å². The molecule has 1 aromatic carbocycles. The fourth-order valence-corrected chi connectivity index (χ4v) is 3.08. The van der Waals surface area contributed by atoms with Crippen LogP contribution in [-0.2, 0) is 6.18 Å². The van der Waals surface area contributed by atoms with Gasteiger partial charge in [-0.25, -0.2) is 5.43 Å². The summed E-state index contributed by atoms with van der Waals surface area (Å²) in [6.07, 6.45) is -2.85. The highest BCUT2D eigenvalue weighted by molar-refractivity contribution is 9.11. The number of nitrogens with two attached hydrogens (primary N) is 1. The lowest BCUT2D eigenvalue weighted by molar-refractivity contribution is -0.137. The number of alkyl halides is 3. The summed E-state index contributed by atoms with van der Waals surface area (Å²) < 4.78 is 39.7. The molecule has 3 N–H and O–H groups in total. The zero-order valence-corrected chi connectivity index (χ0v) is 13.6. The minimum Gasteiger partial charge on any atom is -0.271 e. The first-order chi connectivity index (χ1) is 9.82. The zero-order valence-electron chi connectivity index (χ0n) is 10.5. The monoisotopic (exact) mass is 423 g/mol. The molecule has 112 valence electrons. The van der Waals surface area contributed by atoms with E-state index in [0.717, 1.165) is 16.6 Å². The minimum atomic E-state index is -4.40. The maximum atomic E-state index is 12.8. The molecule has 0 radical (unpaired) electrons. The minimum absolute atomic E-state index is 0.378. The van der Waals surface area contributed by atoms with Crippen molar-refractivity contribution in [1.29, 1.82) is 0 Å². The smallest absolute Gasteiger partial charge is 0.271 e. The van der Waals surface area contributed by atoms with Gasteiger partial charge in [-0.3, -0.25) is 10.8 Å². The van der Waals surface area contributed by atoms with Gasteiger partial charge in [-0.1, -0.05) is 12.1 Å². The van der Waals surface area contributed by atoms with E-state index in [4.69, 9.17) is 5.84 Å². The highest BCUT2D eigenvalue weighted by atomic mass is 79.9. The molecule has 1 unspecified atom stereocenters. The number of hydrazine groups is 1. The summed E-state index contributed by atoms with van der Waals surface area (Å²) in [4.78, 5) is 4.20. The number of hydrogen-bond acceptors (Lipinski definition) is 3. The van der Waals surface area contributed by atoms with Crippen LogP contribution in [0.4, 0.5) is 13.2 Å². The molecule has 0 saturated carbocycles. The van der Waals surface area contributed by atoms with Gasteiger partial charge in [0, 0.05) is 15.1 Å². The highest BCUT2D eigenvalue weighted by Gasteiger charge is 2.31. The van der Waals surface area contributed by atoms with Crippen LogP contribution in [0.25, 0.3) is 0 Å². The van der Waals surface area contributed by atoms with Gasteiger partial charge in [0.05, 0.1) is 17.3 Å². The molecule has 1 aromatic heterocycles. The molecule has 2 aromatic rings. The Morgan fingerprint density at radius 3 is 2.48 bits per heavy atom. The summed E-state index contributed by atoms with van der Waals surface area (Å²) in [6.45, 7) is 0. The number of rotatable bonds is 3. The molecule has 1 atom stereocenters. The molecule has 2 rings (SSSR count). The van der Waals surface area contributed by atoms with Crippen LogP contribution >= 0.6 is 31.9 Å². The van der Waals surface area contributed by atoms with Crippen LogP contribution in [0.1, 0.15) is 22.9 Å². The van der Waals surface area contributed by atoms with Gasteiger partial charge in [-0.2, -0.15) is 13.2 Å². The van der Waals surface area contributed by atoms with Crippen LogP contribution in [0, 0.1) is 0 Å². The fourth-order valence-electron chi connectivity index (χ4n) is 1.87. The first-order valence-corrected chi connectivity index (χ1v) is 7.35. The molecule has 0 bridgehead atoms. The van der Waals surface area contributed by atoms with Crippen LogP contribution in [0.5, 0.6) is 0 Å². The van der Waals surface area contributed by atoms with E-state index in [2.05, 4.69) is 42.3 Å². The third-order valence-corrected chi connectivity index (χ3v) is 3.89. The maximum Gasteiger partial charge on any atom is 0.416 e. The van der Waals surface area contributed by atoms with E-state index in [-0.39, 0.29) is 0 Å². The number of benzene rings is 1. The number of hydrogen-bond donors (Lipinski definition) is 2. The van der Waals surface area contributed by atoms with Gasteiger partial charge in [0.25, 0.3) is 0 Å². The van der Waals surface area contributed by atoms with Gasteiger partial charge in [0.15, 0.2) is 0 Å². The van der Waals surface area contributed by atoms with E-state index in [1.165, 1.54) is 6.07 Å². The average molecular weight is 425 g/mol. The molecule has 0 aliphatic heterocycles. The molecule has 0 saturated heterocycles. The maximum absolute atomic E-state index is 12.8. The molecular weight excluding hydrogens is 415 g/mol. The van der Waals surface area contributed by atoms with E-state index in [9.17, 15) is 13.2 Å². The topological polar surface area (TPSA) is 50.9 Å². The Bertz CT molecular complexity index is 647. The van der Waals surface area contributed by atoms with Crippen molar-refractivity contribution in [3.05, 3.63) is 62.3 Å². The van der Waals surface area contributed by atoms with Gasteiger partial charge in [-0.05, 0) is 55.6 Å². The SMILES string of the molecule is NNC(c1cccc(C(F)(F)F)c1)c1ncc(Br)cc1Br. The van der Waals surface area contributed by atoms with Gasteiger partial charge < -0.3 is 0 Å². The summed E-state index contributed by atoms with van der Waals surface area (Å²) >= 11 is 6.60. The summed E-state index contributed by atoms with van der Waals surface area (Å²) in [6, 6.07) is 6.07. The van der Waals surface area contributed by atoms with Crippen molar-refractivity contribution >= 4 is 31.9 Å². The van der Waals surface area contributed by atoms with Crippen molar-refractivity contribution in [3.63, 3.8) is 0 Å². The number of aromatic nitrogens is 1. The van der Waals surface area contributed by atoms with Crippen LogP contribution in [0.2, 0.25) is 0 Å². The number of nitrogens with one attached hydrogen (secondary N) is 1. The van der Waals surface area contributed by atoms with Gasteiger partial charge in [0.1, 0.15) is 0 Å². The third-order valence-electron chi connectivity index (χ3n) is 2.82. The second-order valence-corrected chi connectivity index (χ2v) is 6.01. The van der Waals surface area contributed by atoms with Crippen molar-refractivity contribution in [2.45, 2.75) is 12.2 Å². The van der Waals surface area contributed by atoms with Crippen molar-refractivity contribution in [3.8, 4) is 0 Å². The fraction of sp³-hybridized carbons (Fsp3) is 0.154. The largest absolute Gasteiger partial charge is 0.416 e. The molecule has 0 fully saturated rings. The zero-order chi connectivity index (χ0) is 15.6. The van der Waals surface area contributed by atoms with Crippen molar-refractivity contribution < 1.29 is 13.2 Å². The summed E-state index contributed by atoms with van der Waals surface area (Å²) in [7, 11) is 0. The third kappa shape index (κ3) is 3.82. The first kappa shape index (κ1) is 16.4. The quantitative estimate of drug-likeness (QED) is 0.574. The van der Waals surface area contributed by atoms with E-state index < -0.39 is 17.8 Å². The lowest BCUT2D eigenvalue weighted by Gasteiger charge is -2.18. The Labute approximate surface area is 136 Å². The Kier molecular flexibility index (Phi) is 5.03. The number of halogens is 5. The Balaban J connectivity index is 2.47. The number of pyridine rings is 1. The lowest BCUT2D eigenvalue weighted by Crippen LogP contribution is -2.30. The van der Waals surface area contributed by atoms with Crippen molar-refractivity contribution in [2.75, 3.05) is 0 Å². The van der Waals surface area contributed by atoms with Crippen molar-refractivity contribution in [1.82, 2.24) is 10.4 Å². The molecule has 1 heterocycles. The molecule has 3 nitrogen and oxygen atoms in total. The molecule has 0 aliphatic rings. The molecule has 0 spiro atoms. The predicted molar refractivity (Wildman–Crippen MR) is 80.2 cm³/mol. The second kappa shape index (κ2) is 6.43. The Morgan fingerprint density at radius 1 is 1.19 bits per heavy atom. The van der Waals surface area contributed by atoms with Gasteiger partial charge >= 0.3 is 6.18 Å². The van der Waals surface area contributed by atoms with Crippen LogP contribution < -0.4 is 11.3 Å². The lowest BCUT2D eigenvalue weighted by atomic mass is 10.0. The Morgan fingerprint density at radius 2 is 1.90 bits per heavy atom.